The molecule has 2 saturated heterocycles. The highest BCUT2D eigenvalue weighted by Gasteiger charge is 2.51. The second-order valence-electron chi connectivity index (χ2n) is 9.94. The van der Waals surface area contributed by atoms with Gasteiger partial charge in [-0.15, -0.1) is 0 Å². The number of hydrogen-bond acceptors (Lipinski definition) is 6. The van der Waals surface area contributed by atoms with Gasteiger partial charge in [-0.3, -0.25) is 4.90 Å². The molecule has 0 unspecified atom stereocenters. The third kappa shape index (κ3) is 4.39. The van der Waals surface area contributed by atoms with E-state index in [9.17, 15) is 9.90 Å². The first kappa shape index (κ1) is 22.0. The van der Waals surface area contributed by atoms with Crippen molar-refractivity contribution >= 4 is 5.97 Å². The summed E-state index contributed by atoms with van der Waals surface area (Å²) in [7, 11) is 0. The number of phenolic OH excluding ortho intramolecular Hbond substituents is 1. The van der Waals surface area contributed by atoms with Crippen LogP contribution in [0.25, 0.3) is 0 Å². The Labute approximate surface area is 193 Å². The minimum absolute atomic E-state index is 0.0257. The number of hydrogen-bond donors (Lipinski definition) is 2. The number of benzene rings is 2. The van der Waals surface area contributed by atoms with E-state index in [1.54, 1.807) is 12.1 Å². The van der Waals surface area contributed by atoms with Gasteiger partial charge in [-0.25, -0.2) is 4.79 Å². The number of aromatic hydroxyl groups is 1. The summed E-state index contributed by atoms with van der Waals surface area (Å²) in [6.07, 6.45) is 2.12. The number of likely N-dealkylation sites (tertiary alicyclic amines) is 1. The smallest absolute Gasteiger partial charge is 0.341 e. The third-order valence-electron chi connectivity index (χ3n) is 7.28. The van der Waals surface area contributed by atoms with E-state index in [2.05, 4.69) is 18.7 Å². The molecule has 2 fully saturated rings. The van der Waals surface area contributed by atoms with Crippen LogP contribution >= 0.6 is 0 Å². The van der Waals surface area contributed by atoms with Gasteiger partial charge in [0.2, 0.25) is 0 Å². The molecule has 7 nitrogen and oxygen atoms in total. The van der Waals surface area contributed by atoms with Crippen LogP contribution in [0.4, 0.5) is 0 Å². The van der Waals surface area contributed by atoms with E-state index in [-0.39, 0.29) is 30.5 Å². The lowest BCUT2D eigenvalue weighted by Crippen LogP contribution is -2.55. The molecule has 0 bridgehead atoms. The van der Waals surface area contributed by atoms with Crippen LogP contribution in [-0.2, 0) is 16.1 Å². The number of nitrogens with zero attached hydrogens (tertiary/aromatic N) is 1. The second-order valence-corrected chi connectivity index (χ2v) is 9.94. The molecule has 2 aromatic carbocycles. The van der Waals surface area contributed by atoms with E-state index >= 15 is 0 Å². The predicted octanol–water partition coefficient (Wildman–Crippen LogP) is 3.99. The molecule has 0 aromatic heterocycles. The number of aliphatic carboxylic acids is 1. The van der Waals surface area contributed by atoms with Crippen LogP contribution in [0.3, 0.4) is 0 Å². The maximum absolute atomic E-state index is 10.9. The van der Waals surface area contributed by atoms with Gasteiger partial charge in [0.25, 0.3) is 0 Å². The van der Waals surface area contributed by atoms with Crippen LogP contribution in [0.1, 0.15) is 43.9 Å². The molecule has 3 heterocycles. The summed E-state index contributed by atoms with van der Waals surface area (Å²) >= 11 is 0. The molecule has 0 amide bonds. The summed E-state index contributed by atoms with van der Waals surface area (Å²) < 4.78 is 18.5. The summed E-state index contributed by atoms with van der Waals surface area (Å²) in [4.78, 5) is 13.3. The number of carboxylic acids is 1. The number of fused-ring (bicyclic) bond motifs is 4. The maximum atomic E-state index is 10.9. The number of piperidine rings is 1. The van der Waals surface area contributed by atoms with Crippen LogP contribution in [0, 0.1) is 11.8 Å². The van der Waals surface area contributed by atoms with Gasteiger partial charge in [0.05, 0.1) is 12.2 Å². The number of carboxylic acid groups (broad SMARTS) is 1. The highest BCUT2D eigenvalue weighted by atomic mass is 16.5. The average molecular weight is 454 g/mol. The Kier molecular flexibility index (Phi) is 5.70. The molecule has 3 aliphatic heterocycles. The van der Waals surface area contributed by atoms with Crippen molar-refractivity contribution in [1.82, 2.24) is 4.90 Å². The zero-order valence-corrected chi connectivity index (χ0v) is 19.1. The number of carbonyl (C=O) groups is 1. The fourth-order valence-electron chi connectivity index (χ4n) is 5.67. The SMILES string of the molecule is CC1(C)Oc2cc(O)ccc2[C@@H]2O[C@@H]3CCN(Cc4ccccc4OCC(=O)O)C[C@H]3C[C@H]21. The molecule has 0 radical (unpaired) electrons. The Hall–Kier alpha value is -2.77. The largest absolute Gasteiger partial charge is 0.508 e. The molecule has 4 atom stereocenters. The van der Waals surface area contributed by atoms with Crippen molar-refractivity contribution in [1.29, 1.82) is 0 Å². The van der Waals surface area contributed by atoms with Crippen LogP contribution in [0.5, 0.6) is 17.2 Å². The van der Waals surface area contributed by atoms with E-state index in [1.165, 1.54) is 0 Å². The normalized spacial score (nSPS) is 28.1. The number of ether oxygens (including phenoxy) is 3. The second kappa shape index (κ2) is 8.54. The van der Waals surface area contributed by atoms with Gasteiger partial charge in [-0.05, 0) is 50.8 Å². The van der Waals surface area contributed by atoms with E-state index < -0.39 is 11.6 Å². The lowest BCUT2D eigenvalue weighted by Gasteiger charge is -2.53. The van der Waals surface area contributed by atoms with E-state index in [1.807, 2.05) is 30.3 Å². The van der Waals surface area contributed by atoms with Crippen LogP contribution in [0.2, 0.25) is 0 Å². The Morgan fingerprint density at radius 1 is 1.24 bits per heavy atom. The predicted molar refractivity (Wildman–Crippen MR) is 121 cm³/mol. The van der Waals surface area contributed by atoms with Crippen molar-refractivity contribution in [2.45, 2.75) is 51.0 Å². The van der Waals surface area contributed by atoms with Gasteiger partial charge in [0.1, 0.15) is 22.8 Å². The summed E-state index contributed by atoms with van der Waals surface area (Å²) in [6, 6.07) is 13.0. The number of rotatable bonds is 5. The molecule has 3 aliphatic rings. The standard InChI is InChI=1S/C26H31NO6/c1-26(2)20-11-17-14-27(13-16-5-3-4-6-21(16)31-15-24(29)30)10-9-22(17)32-25(20)19-8-7-18(28)12-23(19)33-26/h3-8,12,17,20,22,25,28H,9-11,13-15H2,1-2H3,(H,29,30)/t17-,20-,22-,25+/m1/s1. The monoisotopic (exact) mass is 453 g/mol. The molecule has 0 saturated carbocycles. The minimum atomic E-state index is -0.978. The van der Waals surface area contributed by atoms with Crippen LogP contribution in [-0.4, -0.2) is 52.5 Å². The van der Waals surface area contributed by atoms with Crippen molar-refractivity contribution in [3.05, 3.63) is 53.6 Å². The van der Waals surface area contributed by atoms with Crippen LogP contribution in [0.15, 0.2) is 42.5 Å². The third-order valence-corrected chi connectivity index (χ3v) is 7.28. The van der Waals surface area contributed by atoms with Gasteiger partial charge in [-0.2, -0.15) is 0 Å². The first-order chi connectivity index (χ1) is 15.8. The first-order valence-corrected chi connectivity index (χ1v) is 11.6. The van der Waals surface area contributed by atoms with E-state index in [0.29, 0.717) is 11.7 Å². The molecule has 176 valence electrons. The van der Waals surface area contributed by atoms with Crippen molar-refractivity contribution in [2.24, 2.45) is 11.8 Å². The molecule has 2 aromatic rings. The van der Waals surface area contributed by atoms with Gasteiger partial charge < -0.3 is 24.4 Å². The molecular weight excluding hydrogens is 422 g/mol. The average Bonchev–Trinajstić information content (AvgIpc) is 2.77. The lowest BCUT2D eigenvalue weighted by atomic mass is 9.70. The Balaban J connectivity index is 1.30. The lowest BCUT2D eigenvalue weighted by molar-refractivity contribution is -0.187. The summed E-state index contributed by atoms with van der Waals surface area (Å²) in [5.41, 5.74) is 1.64. The van der Waals surface area contributed by atoms with Crippen LogP contribution < -0.4 is 9.47 Å². The molecule has 0 aliphatic carbocycles. The summed E-state index contributed by atoms with van der Waals surface area (Å²) in [6.45, 7) is 6.42. The quantitative estimate of drug-likeness (QED) is 0.708. The first-order valence-electron chi connectivity index (χ1n) is 11.6. The Morgan fingerprint density at radius 3 is 2.88 bits per heavy atom. The molecule has 2 N–H and O–H groups in total. The maximum Gasteiger partial charge on any atom is 0.341 e. The molecule has 33 heavy (non-hydrogen) atoms. The molecule has 0 spiro atoms. The molecule has 5 rings (SSSR count). The van der Waals surface area contributed by atoms with Gasteiger partial charge >= 0.3 is 5.97 Å². The Bertz CT molecular complexity index is 1040. The zero-order valence-electron chi connectivity index (χ0n) is 19.1. The van der Waals surface area contributed by atoms with Crippen molar-refractivity contribution in [3.63, 3.8) is 0 Å². The number of phenols is 1. The van der Waals surface area contributed by atoms with Gasteiger partial charge in [0, 0.05) is 42.7 Å². The summed E-state index contributed by atoms with van der Waals surface area (Å²) in [5.74, 6) is 1.19. The Morgan fingerprint density at radius 2 is 2.06 bits per heavy atom. The number of para-hydroxylation sites is 1. The highest BCUT2D eigenvalue weighted by Crippen LogP contribution is 2.53. The van der Waals surface area contributed by atoms with E-state index in [0.717, 1.165) is 49.4 Å². The zero-order chi connectivity index (χ0) is 23.2. The fraction of sp³-hybridized carbons (Fsp3) is 0.500. The highest BCUT2D eigenvalue weighted by molar-refractivity contribution is 5.68. The topological polar surface area (TPSA) is 88.5 Å². The molecule has 7 heteroatoms. The van der Waals surface area contributed by atoms with Crippen molar-refractivity contribution < 1.29 is 29.2 Å². The van der Waals surface area contributed by atoms with Gasteiger partial charge in [-0.1, -0.05) is 18.2 Å². The molecular formula is C26H31NO6. The summed E-state index contributed by atoms with van der Waals surface area (Å²) in [5, 5.41) is 18.9. The van der Waals surface area contributed by atoms with Gasteiger partial charge in [0.15, 0.2) is 6.61 Å². The fourth-order valence-corrected chi connectivity index (χ4v) is 5.67. The van der Waals surface area contributed by atoms with E-state index in [4.69, 9.17) is 19.3 Å². The minimum Gasteiger partial charge on any atom is -0.508 e. The van der Waals surface area contributed by atoms with Crippen molar-refractivity contribution in [3.8, 4) is 17.2 Å². The van der Waals surface area contributed by atoms with Crippen molar-refractivity contribution in [2.75, 3.05) is 19.7 Å².